The van der Waals surface area contributed by atoms with Crippen molar-refractivity contribution in [2.45, 2.75) is 44.8 Å². The number of rotatable bonds is 6. The van der Waals surface area contributed by atoms with Crippen LogP contribution in [0.25, 0.3) is 0 Å². The Labute approximate surface area is 85.7 Å². The molecule has 0 aromatic carbocycles. The Hall–Kier alpha value is -0.130. The lowest BCUT2D eigenvalue weighted by atomic mass is 9.92. The van der Waals surface area contributed by atoms with Crippen molar-refractivity contribution >= 4 is 10.1 Å². The Kier molecular flexibility index (Phi) is 4.34. The van der Waals surface area contributed by atoms with E-state index < -0.39 is 10.1 Å². The third-order valence-corrected chi connectivity index (χ3v) is 2.84. The summed E-state index contributed by atoms with van der Waals surface area (Å²) < 4.78 is 31.8. The van der Waals surface area contributed by atoms with E-state index in [1.165, 1.54) is 0 Å². The number of unbranched alkanes of at least 4 members (excludes halogenated alkanes) is 1. The Morgan fingerprint density at radius 3 is 2.43 bits per heavy atom. The quantitative estimate of drug-likeness (QED) is 0.502. The van der Waals surface area contributed by atoms with Gasteiger partial charge in [0, 0.05) is 19.4 Å². The van der Waals surface area contributed by atoms with Gasteiger partial charge in [-0.15, -0.1) is 0 Å². The largest absolute Gasteiger partial charge is 0.378 e. The van der Waals surface area contributed by atoms with E-state index in [9.17, 15) is 8.42 Å². The first-order valence-electron chi connectivity index (χ1n) is 5.01. The molecule has 0 spiro atoms. The second-order valence-electron chi connectivity index (χ2n) is 3.74. The Balaban J connectivity index is 2.06. The lowest BCUT2D eigenvalue weighted by Crippen LogP contribution is -2.38. The van der Waals surface area contributed by atoms with Crippen molar-refractivity contribution in [3.8, 4) is 0 Å². The average molecular weight is 222 g/mol. The summed E-state index contributed by atoms with van der Waals surface area (Å²) in [5.41, 5.74) is 0. The fourth-order valence-electron chi connectivity index (χ4n) is 1.37. The molecular formula is C9H18O4S. The van der Waals surface area contributed by atoms with E-state index in [1.54, 1.807) is 0 Å². The molecule has 0 aliphatic heterocycles. The number of hydrogen-bond donors (Lipinski definition) is 0. The highest BCUT2D eigenvalue weighted by atomic mass is 32.2. The Morgan fingerprint density at radius 2 is 1.93 bits per heavy atom. The van der Waals surface area contributed by atoms with Gasteiger partial charge in [-0.05, 0) is 6.42 Å². The van der Waals surface area contributed by atoms with Gasteiger partial charge in [-0.2, -0.15) is 8.42 Å². The van der Waals surface area contributed by atoms with Crippen LogP contribution in [0.15, 0.2) is 0 Å². The monoisotopic (exact) mass is 222 g/mol. The predicted octanol–water partition coefficient (Wildman–Crippen LogP) is 1.31. The van der Waals surface area contributed by atoms with Crippen LogP contribution < -0.4 is 0 Å². The first-order chi connectivity index (χ1) is 6.51. The summed E-state index contributed by atoms with van der Waals surface area (Å²) in [4.78, 5) is 0. The van der Waals surface area contributed by atoms with Gasteiger partial charge in [0.05, 0.1) is 18.5 Å². The predicted molar refractivity (Wildman–Crippen MR) is 53.6 cm³/mol. The van der Waals surface area contributed by atoms with Crippen LogP contribution in [-0.2, 0) is 19.0 Å². The van der Waals surface area contributed by atoms with Crippen molar-refractivity contribution in [1.82, 2.24) is 0 Å². The van der Waals surface area contributed by atoms with Crippen molar-refractivity contribution < 1.29 is 17.3 Å². The van der Waals surface area contributed by atoms with Crippen LogP contribution >= 0.6 is 0 Å². The van der Waals surface area contributed by atoms with Crippen molar-refractivity contribution in [2.24, 2.45) is 0 Å². The van der Waals surface area contributed by atoms with Crippen molar-refractivity contribution in [2.75, 3.05) is 12.9 Å². The summed E-state index contributed by atoms with van der Waals surface area (Å²) in [6.07, 6.45) is 4.72. The van der Waals surface area contributed by atoms with Crippen molar-refractivity contribution in [3.05, 3.63) is 0 Å². The van der Waals surface area contributed by atoms with Crippen molar-refractivity contribution in [1.29, 1.82) is 0 Å². The van der Waals surface area contributed by atoms with E-state index in [-0.39, 0.29) is 12.2 Å². The van der Waals surface area contributed by atoms with E-state index in [0.29, 0.717) is 12.8 Å². The smallest absolute Gasteiger partial charge is 0.264 e. The van der Waals surface area contributed by atoms with E-state index in [2.05, 4.69) is 6.92 Å². The van der Waals surface area contributed by atoms with Crippen LogP contribution in [0.3, 0.4) is 0 Å². The van der Waals surface area contributed by atoms with Crippen LogP contribution in [0.2, 0.25) is 0 Å². The van der Waals surface area contributed by atoms with Crippen LogP contribution in [0.4, 0.5) is 0 Å². The summed E-state index contributed by atoms with van der Waals surface area (Å²) in [5.74, 6) is 0. The molecule has 4 nitrogen and oxygen atoms in total. The molecule has 0 aromatic heterocycles. The number of ether oxygens (including phenoxy) is 1. The van der Waals surface area contributed by atoms with Crippen LogP contribution in [0.1, 0.15) is 32.6 Å². The SMILES string of the molecule is CCCCO[C@H]1C[C@@H](OS(C)(=O)=O)C1. The van der Waals surface area contributed by atoms with Crippen LogP contribution in [0, 0.1) is 0 Å². The third-order valence-electron chi connectivity index (χ3n) is 2.21. The fraction of sp³-hybridized carbons (Fsp3) is 1.00. The Morgan fingerprint density at radius 1 is 1.29 bits per heavy atom. The minimum Gasteiger partial charge on any atom is -0.378 e. The highest BCUT2D eigenvalue weighted by molar-refractivity contribution is 7.86. The normalized spacial score (nSPS) is 27.3. The highest BCUT2D eigenvalue weighted by Crippen LogP contribution is 2.27. The third kappa shape index (κ3) is 4.39. The minimum atomic E-state index is -3.29. The summed E-state index contributed by atoms with van der Waals surface area (Å²) in [7, 11) is -3.29. The van der Waals surface area contributed by atoms with Gasteiger partial charge >= 0.3 is 0 Å². The first kappa shape index (κ1) is 11.9. The average Bonchev–Trinajstić information content (AvgIpc) is 1.97. The second-order valence-corrected chi connectivity index (χ2v) is 5.34. The maximum atomic E-state index is 10.7. The topological polar surface area (TPSA) is 52.6 Å². The molecule has 0 N–H and O–H groups in total. The lowest BCUT2D eigenvalue weighted by Gasteiger charge is -2.33. The second kappa shape index (κ2) is 5.09. The zero-order valence-corrected chi connectivity index (χ0v) is 9.55. The molecule has 1 aliphatic carbocycles. The molecule has 0 bridgehead atoms. The number of hydrogen-bond acceptors (Lipinski definition) is 4. The van der Waals surface area contributed by atoms with Gasteiger partial charge in [0.25, 0.3) is 10.1 Å². The molecule has 5 heteroatoms. The molecule has 1 fully saturated rings. The first-order valence-corrected chi connectivity index (χ1v) is 6.82. The van der Waals surface area contributed by atoms with E-state index in [0.717, 1.165) is 25.7 Å². The molecule has 14 heavy (non-hydrogen) atoms. The molecule has 84 valence electrons. The van der Waals surface area contributed by atoms with Gasteiger partial charge in [-0.1, -0.05) is 13.3 Å². The van der Waals surface area contributed by atoms with E-state index in [1.807, 2.05) is 0 Å². The summed E-state index contributed by atoms with van der Waals surface area (Å²) >= 11 is 0. The highest BCUT2D eigenvalue weighted by Gasteiger charge is 2.32. The molecule has 1 saturated carbocycles. The van der Waals surface area contributed by atoms with Gasteiger partial charge in [0.2, 0.25) is 0 Å². The van der Waals surface area contributed by atoms with Crippen LogP contribution in [0.5, 0.6) is 0 Å². The minimum absolute atomic E-state index is 0.156. The molecular weight excluding hydrogens is 204 g/mol. The zero-order valence-electron chi connectivity index (χ0n) is 8.73. The molecule has 0 heterocycles. The molecule has 0 saturated heterocycles. The summed E-state index contributed by atoms with van der Waals surface area (Å²) in [6.45, 7) is 2.88. The van der Waals surface area contributed by atoms with E-state index >= 15 is 0 Å². The van der Waals surface area contributed by atoms with Gasteiger partial charge in [-0.25, -0.2) is 0 Å². The molecule has 0 aromatic rings. The van der Waals surface area contributed by atoms with Crippen molar-refractivity contribution in [3.63, 3.8) is 0 Å². The van der Waals surface area contributed by atoms with Crippen LogP contribution in [-0.4, -0.2) is 33.5 Å². The summed E-state index contributed by atoms with van der Waals surface area (Å²) in [6, 6.07) is 0. The molecule has 0 radical (unpaired) electrons. The van der Waals surface area contributed by atoms with Gasteiger partial charge in [-0.3, -0.25) is 4.18 Å². The van der Waals surface area contributed by atoms with Gasteiger partial charge in [0.1, 0.15) is 0 Å². The lowest BCUT2D eigenvalue weighted by molar-refractivity contribution is -0.0589. The van der Waals surface area contributed by atoms with E-state index in [4.69, 9.17) is 8.92 Å². The molecule has 1 rings (SSSR count). The van der Waals surface area contributed by atoms with Gasteiger partial charge in [0.15, 0.2) is 0 Å². The standard InChI is InChI=1S/C9H18O4S/c1-3-4-5-12-8-6-9(7-8)13-14(2,10)11/h8-9H,3-7H2,1-2H3/t8-,9+. The zero-order chi connectivity index (χ0) is 10.6. The molecule has 0 amide bonds. The molecule has 0 unspecified atom stereocenters. The molecule has 0 atom stereocenters. The fourth-order valence-corrected chi connectivity index (χ4v) is 2.03. The summed E-state index contributed by atoms with van der Waals surface area (Å²) in [5, 5.41) is 0. The maximum Gasteiger partial charge on any atom is 0.264 e. The molecule has 1 aliphatic rings. The Bertz CT molecular complexity index is 254. The maximum absolute atomic E-state index is 10.7. The van der Waals surface area contributed by atoms with Gasteiger partial charge < -0.3 is 4.74 Å².